The number of benzene rings is 1. The van der Waals surface area contributed by atoms with E-state index in [-0.39, 0.29) is 5.91 Å². The molecule has 0 aromatic heterocycles. The fourth-order valence-electron chi connectivity index (χ4n) is 3.01. The molecule has 0 aliphatic heterocycles. The first-order valence-corrected chi connectivity index (χ1v) is 7.72. The summed E-state index contributed by atoms with van der Waals surface area (Å²) in [6, 6.07) is 7.62. The van der Waals surface area contributed by atoms with Crippen LogP contribution < -0.4 is 11.1 Å². The summed E-state index contributed by atoms with van der Waals surface area (Å²) >= 11 is 0. The molecule has 2 rings (SSSR count). The molecule has 1 aliphatic rings. The Morgan fingerprint density at radius 1 is 1.35 bits per heavy atom. The summed E-state index contributed by atoms with van der Waals surface area (Å²) in [5.74, 6) is 0.709. The van der Waals surface area contributed by atoms with E-state index >= 15 is 0 Å². The molecule has 3 heteroatoms. The maximum atomic E-state index is 12.3. The van der Waals surface area contributed by atoms with Crippen LogP contribution >= 0.6 is 0 Å². The van der Waals surface area contributed by atoms with E-state index in [0.717, 1.165) is 24.3 Å². The van der Waals surface area contributed by atoms with Crippen LogP contribution in [0.15, 0.2) is 24.3 Å². The van der Waals surface area contributed by atoms with Crippen molar-refractivity contribution in [2.45, 2.75) is 58.0 Å². The second-order valence-electron chi connectivity index (χ2n) is 6.03. The minimum Gasteiger partial charge on any atom is -0.352 e. The van der Waals surface area contributed by atoms with Crippen LogP contribution in [0, 0.1) is 12.8 Å². The molecule has 1 aromatic rings. The van der Waals surface area contributed by atoms with Crippen LogP contribution in [0.25, 0.3) is 0 Å². The maximum absolute atomic E-state index is 12.3. The van der Waals surface area contributed by atoms with Crippen LogP contribution in [0.2, 0.25) is 0 Å². The number of nitrogens with two attached hydrogens (primary N) is 1. The van der Waals surface area contributed by atoms with Gasteiger partial charge in [0.2, 0.25) is 5.91 Å². The number of hydrogen-bond acceptors (Lipinski definition) is 2. The van der Waals surface area contributed by atoms with Crippen molar-refractivity contribution in [2.75, 3.05) is 0 Å². The van der Waals surface area contributed by atoms with E-state index in [4.69, 9.17) is 5.73 Å². The summed E-state index contributed by atoms with van der Waals surface area (Å²) in [5.41, 5.74) is 8.13. The van der Waals surface area contributed by atoms with E-state index in [9.17, 15) is 4.79 Å². The van der Waals surface area contributed by atoms with Gasteiger partial charge in [-0.2, -0.15) is 0 Å². The molecule has 110 valence electrons. The first-order valence-electron chi connectivity index (χ1n) is 7.72. The minimum absolute atomic E-state index is 0.0457. The predicted molar refractivity (Wildman–Crippen MR) is 82.3 cm³/mol. The van der Waals surface area contributed by atoms with Gasteiger partial charge < -0.3 is 11.1 Å². The van der Waals surface area contributed by atoms with E-state index < -0.39 is 6.04 Å². The van der Waals surface area contributed by atoms with Crippen molar-refractivity contribution < 1.29 is 4.79 Å². The van der Waals surface area contributed by atoms with Gasteiger partial charge in [-0.05, 0) is 31.2 Å². The third-order valence-electron chi connectivity index (χ3n) is 4.43. The molecule has 1 saturated carbocycles. The normalized spacial score (nSPS) is 24.1. The molecule has 0 radical (unpaired) electrons. The van der Waals surface area contributed by atoms with Crippen LogP contribution in [0.3, 0.4) is 0 Å². The lowest BCUT2D eigenvalue weighted by atomic mass is 9.84. The van der Waals surface area contributed by atoms with E-state index in [2.05, 4.69) is 12.2 Å². The van der Waals surface area contributed by atoms with Crippen LogP contribution in [-0.4, -0.2) is 11.9 Å². The Morgan fingerprint density at radius 2 is 2.05 bits per heavy atom. The molecule has 1 aliphatic carbocycles. The smallest absolute Gasteiger partial charge is 0.241 e. The van der Waals surface area contributed by atoms with E-state index in [1.54, 1.807) is 0 Å². The number of aryl methyl sites for hydroxylation is 1. The third kappa shape index (κ3) is 3.83. The highest BCUT2D eigenvalue weighted by atomic mass is 16.2. The van der Waals surface area contributed by atoms with Gasteiger partial charge >= 0.3 is 0 Å². The van der Waals surface area contributed by atoms with Crippen molar-refractivity contribution in [3.63, 3.8) is 0 Å². The van der Waals surface area contributed by atoms with Gasteiger partial charge in [-0.3, -0.25) is 4.79 Å². The lowest BCUT2D eigenvalue weighted by molar-refractivity contribution is -0.123. The second kappa shape index (κ2) is 6.89. The standard InChI is InChI=1S/C17H26N2O/c1-3-13-5-4-6-15(11-13)19-17(20)16(18)14-9-7-12(2)8-10-14/h7-10,13,15-16H,3-6,11,18H2,1-2H3,(H,19,20). The van der Waals surface area contributed by atoms with Gasteiger partial charge in [0, 0.05) is 6.04 Å². The quantitative estimate of drug-likeness (QED) is 0.886. The van der Waals surface area contributed by atoms with E-state index in [1.807, 2.05) is 31.2 Å². The van der Waals surface area contributed by atoms with Gasteiger partial charge in [-0.25, -0.2) is 0 Å². The van der Waals surface area contributed by atoms with E-state index in [0.29, 0.717) is 6.04 Å². The Bertz CT molecular complexity index is 441. The Labute approximate surface area is 121 Å². The highest BCUT2D eigenvalue weighted by Crippen LogP contribution is 2.26. The number of amides is 1. The summed E-state index contributed by atoms with van der Waals surface area (Å²) in [5, 5.41) is 3.13. The fraction of sp³-hybridized carbons (Fsp3) is 0.588. The SMILES string of the molecule is CCC1CCCC(NC(=O)C(N)c2ccc(C)cc2)C1. The van der Waals surface area contributed by atoms with Crippen LogP contribution in [0.5, 0.6) is 0 Å². The summed E-state index contributed by atoms with van der Waals surface area (Å²) in [4.78, 5) is 12.3. The summed E-state index contributed by atoms with van der Waals surface area (Å²) < 4.78 is 0. The van der Waals surface area contributed by atoms with Crippen LogP contribution in [0.1, 0.15) is 56.2 Å². The van der Waals surface area contributed by atoms with Crippen molar-refractivity contribution in [1.82, 2.24) is 5.32 Å². The van der Waals surface area contributed by atoms with Crippen molar-refractivity contribution in [2.24, 2.45) is 11.7 Å². The molecule has 3 atom stereocenters. The lowest BCUT2D eigenvalue weighted by Gasteiger charge is -2.30. The van der Waals surface area contributed by atoms with Gasteiger partial charge in [0.25, 0.3) is 0 Å². The zero-order chi connectivity index (χ0) is 14.5. The molecule has 20 heavy (non-hydrogen) atoms. The average molecular weight is 274 g/mol. The molecule has 3 unspecified atom stereocenters. The second-order valence-corrected chi connectivity index (χ2v) is 6.03. The van der Waals surface area contributed by atoms with Crippen molar-refractivity contribution in [3.05, 3.63) is 35.4 Å². The van der Waals surface area contributed by atoms with Gasteiger partial charge in [0.05, 0.1) is 0 Å². The molecule has 1 fully saturated rings. The highest BCUT2D eigenvalue weighted by Gasteiger charge is 2.24. The van der Waals surface area contributed by atoms with Gasteiger partial charge in [0.15, 0.2) is 0 Å². The Morgan fingerprint density at radius 3 is 2.70 bits per heavy atom. The van der Waals surface area contributed by atoms with Gasteiger partial charge in [-0.15, -0.1) is 0 Å². The van der Waals surface area contributed by atoms with E-state index in [1.165, 1.54) is 24.8 Å². The summed E-state index contributed by atoms with van der Waals surface area (Å²) in [7, 11) is 0. The molecule has 0 heterocycles. The third-order valence-corrected chi connectivity index (χ3v) is 4.43. The van der Waals surface area contributed by atoms with Crippen molar-refractivity contribution in [3.8, 4) is 0 Å². The largest absolute Gasteiger partial charge is 0.352 e. The van der Waals surface area contributed by atoms with Crippen molar-refractivity contribution in [1.29, 1.82) is 0 Å². The Balaban J connectivity index is 1.92. The molecule has 3 nitrogen and oxygen atoms in total. The monoisotopic (exact) mass is 274 g/mol. The molecule has 0 bridgehead atoms. The number of hydrogen-bond donors (Lipinski definition) is 2. The lowest BCUT2D eigenvalue weighted by Crippen LogP contribution is -2.43. The summed E-state index contributed by atoms with van der Waals surface area (Å²) in [6.07, 6.45) is 5.90. The Hall–Kier alpha value is -1.35. The number of rotatable bonds is 4. The first kappa shape index (κ1) is 15.0. The zero-order valence-electron chi connectivity index (χ0n) is 12.6. The molecule has 3 N–H and O–H groups in total. The molecule has 1 aromatic carbocycles. The molecule has 1 amide bonds. The minimum atomic E-state index is -0.558. The molecular weight excluding hydrogens is 248 g/mol. The maximum Gasteiger partial charge on any atom is 0.241 e. The van der Waals surface area contributed by atoms with Crippen LogP contribution in [-0.2, 0) is 4.79 Å². The topological polar surface area (TPSA) is 55.1 Å². The molecule has 0 saturated heterocycles. The van der Waals surface area contributed by atoms with Gasteiger partial charge in [0.1, 0.15) is 6.04 Å². The zero-order valence-corrected chi connectivity index (χ0v) is 12.6. The fourth-order valence-corrected chi connectivity index (χ4v) is 3.01. The average Bonchev–Trinajstić information content (AvgIpc) is 2.47. The predicted octanol–water partition coefficient (Wildman–Crippen LogP) is 3.08. The van der Waals surface area contributed by atoms with Crippen LogP contribution in [0.4, 0.5) is 0 Å². The first-order chi connectivity index (χ1) is 9.60. The van der Waals surface area contributed by atoms with Crippen molar-refractivity contribution >= 4 is 5.91 Å². The summed E-state index contributed by atoms with van der Waals surface area (Å²) in [6.45, 7) is 4.26. The number of nitrogens with one attached hydrogen (secondary N) is 1. The highest BCUT2D eigenvalue weighted by molar-refractivity contribution is 5.83. The van der Waals surface area contributed by atoms with Gasteiger partial charge in [-0.1, -0.05) is 56.0 Å². The number of carbonyl (C=O) groups is 1. The Kier molecular flexibility index (Phi) is 5.18. The molecule has 0 spiro atoms. The number of carbonyl (C=O) groups excluding carboxylic acids is 1. The molecular formula is C17H26N2O.